The van der Waals surface area contributed by atoms with E-state index in [0.717, 1.165) is 36.8 Å². The van der Waals surface area contributed by atoms with Crippen molar-refractivity contribution in [3.05, 3.63) is 48.3 Å². The van der Waals surface area contributed by atoms with Gasteiger partial charge in [0.25, 0.3) is 0 Å². The van der Waals surface area contributed by atoms with Crippen molar-refractivity contribution in [2.75, 3.05) is 26.7 Å². The lowest BCUT2D eigenvalue weighted by Gasteiger charge is -2.18. The molecule has 3 heteroatoms. The first-order valence-corrected chi connectivity index (χ1v) is 7.67. The third kappa shape index (κ3) is 2.22. The van der Waals surface area contributed by atoms with E-state index in [-0.39, 0.29) is 0 Å². The predicted molar refractivity (Wildman–Crippen MR) is 83.5 cm³/mol. The lowest BCUT2D eigenvalue weighted by atomic mass is 9.86. The van der Waals surface area contributed by atoms with Crippen LogP contribution >= 0.6 is 0 Å². The molecule has 0 spiro atoms. The van der Waals surface area contributed by atoms with Gasteiger partial charge in [0.15, 0.2) is 0 Å². The predicted octanol–water partition coefficient (Wildman–Crippen LogP) is 3.18. The minimum absolute atomic E-state index is 0.601. The number of rotatable bonds is 1. The van der Waals surface area contributed by atoms with E-state index in [0.29, 0.717) is 5.92 Å². The Morgan fingerprint density at radius 1 is 1.19 bits per heavy atom. The number of fused-ring (bicyclic) bond motifs is 3. The van der Waals surface area contributed by atoms with Crippen LogP contribution in [0, 0.1) is 5.92 Å². The van der Waals surface area contributed by atoms with E-state index in [1.807, 2.05) is 18.5 Å². The third-order valence-electron chi connectivity index (χ3n) is 4.78. The zero-order chi connectivity index (χ0) is 14.2. The van der Waals surface area contributed by atoms with Gasteiger partial charge in [0, 0.05) is 42.5 Å². The molecule has 0 amide bonds. The quantitative estimate of drug-likeness (QED) is 0.802. The largest absolute Gasteiger partial charge is 0.493 e. The van der Waals surface area contributed by atoms with Gasteiger partial charge in [-0.15, -0.1) is 0 Å². The van der Waals surface area contributed by atoms with E-state index in [4.69, 9.17) is 4.74 Å². The van der Waals surface area contributed by atoms with Crippen LogP contribution in [-0.4, -0.2) is 36.6 Å². The van der Waals surface area contributed by atoms with Crippen LogP contribution in [0.2, 0.25) is 0 Å². The molecule has 0 bridgehead atoms. The maximum Gasteiger partial charge on any atom is 0.130 e. The maximum absolute atomic E-state index is 6.16. The number of hydrogen-bond acceptors (Lipinski definition) is 3. The average molecular weight is 280 g/mol. The van der Waals surface area contributed by atoms with Crippen molar-refractivity contribution in [2.24, 2.45) is 5.92 Å². The SMILES string of the molecule is CN1C[C@H]2CCOc3c(-c4cccnc4)cccc3[C@@H]2C1. The van der Waals surface area contributed by atoms with Crippen LogP contribution in [0.5, 0.6) is 5.75 Å². The van der Waals surface area contributed by atoms with Crippen LogP contribution in [0.25, 0.3) is 11.1 Å². The molecule has 2 aromatic rings. The molecule has 3 heterocycles. The molecule has 21 heavy (non-hydrogen) atoms. The standard InChI is InChI=1S/C18H20N2O/c1-20-11-14-7-9-21-18-15(13-4-3-8-19-10-13)5-2-6-16(18)17(14)12-20/h2-6,8,10,14,17H,7,9,11-12H2,1H3/t14-,17-/m1/s1. The number of nitrogens with zero attached hydrogens (tertiary/aromatic N) is 2. The second-order valence-electron chi connectivity index (χ2n) is 6.19. The van der Waals surface area contributed by atoms with E-state index >= 15 is 0 Å². The Balaban J connectivity index is 1.83. The van der Waals surface area contributed by atoms with Crippen LogP contribution in [0.1, 0.15) is 17.9 Å². The highest BCUT2D eigenvalue weighted by Gasteiger charge is 2.36. The van der Waals surface area contributed by atoms with Crippen LogP contribution in [-0.2, 0) is 0 Å². The molecule has 0 saturated carbocycles. The molecule has 2 aliphatic rings. The molecule has 3 nitrogen and oxygen atoms in total. The number of hydrogen-bond donors (Lipinski definition) is 0. The number of para-hydroxylation sites is 1. The van der Waals surface area contributed by atoms with E-state index in [9.17, 15) is 0 Å². The summed E-state index contributed by atoms with van der Waals surface area (Å²) >= 11 is 0. The van der Waals surface area contributed by atoms with Crippen molar-refractivity contribution in [3.8, 4) is 16.9 Å². The van der Waals surface area contributed by atoms with Gasteiger partial charge in [0.2, 0.25) is 0 Å². The second-order valence-corrected chi connectivity index (χ2v) is 6.19. The summed E-state index contributed by atoms with van der Waals surface area (Å²) in [6.45, 7) is 3.14. The number of likely N-dealkylation sites (tertiary alicyclic amines) is 1. The molecule has 2 atom stereocenters. The first-order valence-electron chi connectivity index (χ1n) is 7.67. The molecule has 0 radical (unpaired) electrons. The fraction of sp³-hybridized carbons (Fsp3) is 0.389. The van der Waals surface area contributed by atoms with Gasteiger partial charge >= 0.3 is 0 Å². The number of pyridine rings is 1. The van der Waals surface area contributed by atoms with E-state index in [1.165, 1.54) is 17.7 Å². The highest BCUT2D eigenvalue weighted by molar-refractivity contribution is 5.72. The monoisotopic (exact) mass is 280 g/mol. The minimum Gasteiger partial charge on any atom is -0.493 e. The minimum atomic E-state index is 0.601. The summed E-state index contributed by atoms with van der Waals surface area (Å²) in [4.78, 5) is 6.69. The molecule has 108 valence electrons. The number of ether oxygens (including phenoxy) is 1. The summed E-state index contributed by atoms with van der Waals surface area (Å²) in [5, 5.41) is 0. The molecule has 4 rings (SSSR count). The molecule has 1 aromatic carbocycles. The van der Waals surface area contributed by atoms with Gasteiger partial charge in [-0.2, -0.15) is 0 Å². The average Bonchev–Trinajstić information content (AvgIpc) is 2.80. The lowest BCUT2D eigenvalue weighted by molar-refractivity contribution is 0.287. The van der Waals surface area contributed by atoms with Crippen LogP contribution in [0.4, 0.5) is 0 Å². The van der Waals surface area contributed by atoms with Gasteiger partial charge in [0.1, 0.15) is 5.75 Å². The van der Waals surface area contributed by atoms with Gasteiger partial charge < -0.3 is 9.64 Å². The molecular formula is C18H20N2O. The summed E-state index contributed by atoms with van der Waals surface area (Å²) in [6.07, 6.45) is 4.88. The first kappa shape index (κ1) is 12.8. The zero-order valence-electron chi connectivity index (χ0n) is 12.3. The normalized spacial score (nSPS) is 24.8. The smallest absolute Gasteiger partial charge is 0.130 e. The number of benzene rings is 1. The van der Waals surface area contributed by atoms with Gasteiger partial charge in [-0.25, -0.2) is 0 Å². The lowest BCUT2D eigenvalue weighted by Crippen LogP contribution is -2.15. The van der Waals surface area contributed by atoms with Gasteiger partial charge in [-0.3, -0.25) is 4.98 Å². The molecule has 0 aliphatic carbocycles. The van der Waals surface area contributed by atoms with Crippen LogP contribution in [0.15, 0.2) is 42.7 Å². The van der Waals surface area contributed by atoms with Crippen molar-refractivity contribution in [1.29, 1.82) is 0 Å². The van der Waals surface area contributed by atoms with Crippen LogP contribution < -0.4 is 4.74 Å². The molecule has 1 fully saturated rings. The Kier molecular flexibility index (Phi) is 3.15. The topological polar surface area (TPSA) is 25.4 Å². The zero-order valence-corrected chi connectivity index (χ0v) is 12.3. The molecule has 2 aliphatic heterocycles. The Labute approximate surface area is 125 Å². The number of likely N-dealkylation sites (N-methyl/N-ethyl adjacent to an activating group) is 1. The summed E-state index contributed by atoms with van der Waals surface area (Å²) < 4.78 is 6.16. The van der Waals surface area contributed by atoms with Crippen molar-refractivity contribution < 1.29 is 4.74 Å². The Morgan fingerprint density at radius 3 is 3.00 bits per heavy atom. The summed E-state index contributed by atoms with van der Waals surface area (Å²) in [6, 6.07) is 10.6. The maximum atomic E-state index is 6.16. The molecule has 1 aromatic heterocycles. The fourth-order valence-electron chi connectivity index (χ4n) is 3.80. The first-order chi connectivity index (χ1) is 10.3. The summed E-state index contributed by atoms with van der Waals surface area (Å²) in [7, 11) is 2.22. The van der Waals surface area contributed by atoms with Crippen molar-refractivity contribution >= 4 is 0 Å². The molecular weight excluding hydrogens is 260 g/mol. The summed E-state index contributed by atoms with van der Waals surface area (Å²) in [5.41, 5.74) is 3.69. The van der Waals surface area contributed by atoms with Crippen molar-refractivity contribution in [1.82, 2.24) is 9.88 Å². The Bertz CT molecular complexity index is 641. The Morgan fingerprint density at radius 2 is 2.14 bits per heavy atom. The van der Waals surface area contributed by atoms with Gasteiger partial charge in [-0.05, 0) is 31.0 Å². The van der Waals surface area contributed by atoms with E-state index in [2.05, 4.69) is 41.2 Å². The van der Waals surface area contributed by atoms with E-state index in [1.54, 1.807) is 0 Å². The van der Waals surface area contributed by atoms with Crippen molar-refractivity contribution in [2.45, 2.75) is 12.3 Å². The van der Waals surface area contributed by atoms with E-state index < -0.39 is 0 Å². The fourth-order valence-corrected chi connectivity index (χ4v) is 3.80. The van der Waals surface area contributed by atoms with Crippen LogP contribution in [0.3, 0.4) is 0 Å². The summed E-state index contributed by atoms with van der Waals surface area (Å²) in [5.74, 6) is 2.40. The molecule has 0 N–H and O–H groups in total. The Hall–Kier alpha value is -1.87. The highest BCUT2D eigenvalue weighted by atomic mass is 16.5. The van der Waals surface area contributed by atoms with Gasteiger partial charge in [-0.1, -0.05) is 24.3 Å². The third-order valence-corrected chi connectivity index (χ3v) is 4.78. The van der Waals surface area contributed by atoms with Crippen molar-refractivity contribution in [3.63, 3.8) is 0 Å². The number of aromatic nitrogens is 1. The second kappa shape index (κ2) is 5.15. The highest BCUT2D eigenvalue weighted by Crippen LogP contribution is 2.44. The van der Waals surface area contributed by atoms with Gasteiger partial charge in [0.05, 0.1) is 6.61 Å². The molecule has 0 unspecified atom stereocenters. The molecule has 1 saturated heterocycles.